The average molecular weight is 154 g/mol. The number of aliphatic hydroxyl groups is 1. The summed E-state index contributed by atoms with van der Waals surface area (Å²) in [5.74, 6) is 1.23. The molecule has 0 aromatic rings. The van der Waals surface area contributed by atoms with Crippen LogP contribution in [0.3, 0.4) is 0 Å². The summed E-state index contributed by atoms with van der Waals surface area (Å²) in [5.41, 5.74) is -0.222. The molecule has 2 atom stereocenters. The van der Waals surface area contributed by atoms with Crippen molar-refractivity contribution in [3.8, 4) is 0 Å². The average Bonchev–Trinajstić information content (AvgIpc) is 2.64. The van der Waals surface area contributed by atoms with Crippen LogP contribution in [-0.2, 0) is 0 Å². The van der Waals surface area contributed by atoms with E-state index in [2.05, 4.69) is 6.92 Å². The molecule has 0 amide bonds. The van der Waals surface area contributed by atoms with Crippen LogP contribution in [0.2, 0.25) is 0 Å². The van der Waals surface area contributed by atoms with E-state index in [4.69, 9.17) is 0 Å². The van der Waals surface area contributed by atoms with Crippen molar-refractivity contribution in [2.24, 2.45) is 11.8 Å². The fourth-order valence-corrected chi connectivity index (χ4v) is 2.60. The van der Waals surface area contributed by atoms with Crippen LogP contribution in [-0.4, -0.2) is 10.7 Å². The summed E-state index contributed by atoms with van der Waals surface area (Å²) in [6.45, 7) is 2.18. The molecule has 0 aromatic heterocycles. The predicted molar refractivity (Wildman–Crippen MR) is 45.3 cm³/mol. The second-order valence-electron chi connectivity index (χ2n) is 4.43. The summed E-state index contributed by atoms with van der Waals surface area (Å²) in [6.07, 6.45) is 7.71. The Hall–Kier alpha value is -0.0400. The van der Waals surface area contributed by atoms with Gasteiger partial charge in [0.15, 0.2) is 0 Å². The second-order valence-corrected chi connectivity index (χ2v) is 4.43. The molecular formula is C10H18O. The van der Waals surface area contributed by atoms with Crippen LogP contribution in [0.15, 0.2) is 0 Å². The summed E-state index contributed by atoms with van der Waals surface area (Å²) < 4.78 is 0. The van der Waals surface area contributed by atoms with Gasteiger partial charge in [-0.3, -0.25) is 0 Å². The van der Waals surface area contributed by atoms with Gasteiger partial charge >= 0.3 is 0 Å². The predicted octanol–water partition coefficient (Wildman–Crippen LogP) is 2.34. The summed E-state index contributed by atoms with van der Waals surface area (Å²) in [5, 5.41) is 10.0. The van der Waals surface area contributed by atoms with Crippen LogP contribution >= 0.6 is 0 Å². The van der Waals surface area contributed by atoms with Crippen molar-refractivity contribution in [1.29, 1.82) is 0 Å². The molecular weight excluding hydrogens is 136 g/mol. The largest absolute Gasteiger partial charge is 0.389 e. The molecule has 0 aliphatic heterocycles. The highest BCUT2D eigenvalue weighted by molar-refractivity contribution is 5.05. The Morgan fingerprint density at radius 3 is 2.18 bits per heavy atom. The van der Waals surface area contributed by atoms with Gasteiger partial charge in [-0.1, -0.05) is 26.2 Å². The molecule has 2 aliphatic rings. The normalized spacial score (nSPS) is 45.8. The van der Waals surface area contributed by atoms with Gasteiger partial charge in [0.1, 0.15) is 0 Å². The van der Waals surface area contributed by atoms with Crippen molar-refractivity contribution >= 4 is 0 Å². The zero-order valence-corrected chi connectivity index (χ0v) is 7.34. The van der Waals surface area contributed by atoms with E-state index in [9.17, 15) is 5.11 Å². The van der Waals surface area contributed by atoms with Crippen molar-refractivity contribution in [2.45, 2.75) is 51.0 Å². The smallest absolute Gasteiger partial charge is 0.0705 e. The van der Waals surface area contributed by atoms with E-state index < -0.39 is 0 Å². The number of hydrogen-bond acceptors (Lipinski definition) is 1. The van der Waals surface area contributed by atoms with E-state index >= 15 is 0 Å². The van der Waals surface area contributed by atoms with Crippen LogP contribution < -0.4 is 0 Å². The molecule has 0 aromatic carbocycles. The van der Waals surface area contributed by atoms with Gasteiger partial charge in [-0.2, -0.15) is 0 Å². The zero-order valence-electron chi connectivity index (χ0n) is 7.34. The molecule has 2 fully saturated rings. The van der Waals surface area contributed by atoms with Crippen LogP contribution in [0.4, 0.5) is 0 Å². The minimum Gasteiger partial charge on any atom is -0.389 e. The maximum atomic E-state index is 10.0. The Balaban J connectivity index is 1.94. The Labute approximate surface area is 68.8 Å². The van der Waals surface area contributed by atoms with E-state index in [1.165, 1.54) is 32.1 Å². The molecule has 0 bridgehead atoms. The molecule has 0 saturated heterocycles. The molecule has 64 valence electrons. The van der Waals surface area contributed by atoms with Crippen LogP contribution in [0.5, 0.6) is 0 Å². The first-order valence-corrected chi connectivity index (χ1v) is 4.96. The second kappa shape index (κ2) is 2.48. The lowest BCUT2D eigenvalue weighted by Crippen LogP contribution is -2.26. The minimum atomic E-state index is -0.222. The van der Waals surface area contributed by atoms with Crippen molar-refractivity contribution in [2.75, 3.05) is 0 Å². The summed E-state index contributed by atoms with van der Waals surface area (Å²) in [6, 6.07) is 0. The fourth-order valence-electron chi connectivity index (χ4n) is 2.60. The van der Waals surface area contributed by atoms with E-state index in [1.54, 1.807) is 0 Å². The van der Waals surface area contributed by atoms with Crippen molar-refractivity contribution in [3.63, 3.8) is 0 Å². The standard InChI is InChI=1S/C10H18O/c1-8-7-10(8,11)9-5-3-2-4-6-9/h8-9,11H,2-7H2,1H3. The van der Waals surface area contributed by atoms with Gasteiger partial charge in [-0.15, -0.1) is 0 Å². The number of hydrogen-bond donors (Lipinski definition) is 1. The first-order valence-electron chi connectivity index (χ1n) is 4.96. The van der Waals surface area contributed by atoms with E-state index in [0.717, 1.165) is 6.42 Å². The Bertz CT molecular complexity index is 149. The van der Waals surface area contributed by atoms with Crippen LogP contribution in [0, 0.1) is 11.8 Å². The minimum absolute atomic E-state index is 0.222. The number of rotatable bonds is 1. The van der Waals surface area contributed by atoms with Crippen molar-refractivity contribution in [1.82, 2.24) is 0 Å². The highest BCUT2D eigenvalue weighted by Crippen LogP contribution is 2.52. The lowest BCUT2D eigenvalue weighted by molar-refractivity contribution is 0.0477. The Morgan fingerprint density at radius 2 is 1.73 bits per heavy atom. The van der Waals surface area contributed by atoms with Gasteiger partial charge in [-0.25, -0.2) is 0 Å². The maximum Gasteiger partial charge on any atom is 0.0705 e. The molecule has 0 radical (unpaired) electrons. The van der Waals surface area contributed by atoms with E-state index in [0.29, 0.717) is 11.8 Å². The van der Waals surface area contributed by atoms with Gasteiger partial charge in [0.25, 0.3) is 0 Å². The van der Waals surface area contributed by atoms with Gasteiger partial charge in [-0.05, 0) is 31.1 Å². The molecule has 2 rings (SSSR count). The molecule has 11 heavy (non-hydrogen) atoms. The third-order valence-electron chi connectivity index (χ3n) is 3.64. The molecule has 2 unspecified atom stereocenters. The van der Waals surface area contributed by atoms with Gasteiger partial charge in [0.2, 0.25) is 0 Å². The topological polar surface area (TPSA) is 20.2 Å². The lowest BCUT2D eigenvalue weighted by Gasteiger charge is -2.27. The Kier molecular flexibility index (Phi) is 1.71. The lowest BCUT2D eigenvalue weighted by atomic mass is 9.83. The van der Waals surface area contributed by atoms with Crippen LogP contribution in [0.1, 0.15) is 45.4 Å². The molecule has 0 spiro atoms. The van der Waals surface area contributed by atoms with Gasteiger partial charge in [0.05, 0.1) is 5.60 Å². The monoisotopic (exact) mass is 154 g/mol. The van der Waals surface area contributed by atoms with Crippen molar-refractivity contribution < 1.29 is 5.11 Å². The third-order valence-corrected chi connectivity index (χ3v) is 3.64. The summed E-state index contributed by atoms with van der Waals surface area (Å²) in [7, 11) is 0. The molecule has 2 saturated carbocycles. The molecule has 2 aliphatic carbocycles. The van der Waals surface area contributed by atoms with Gasteiger partial charge < -0.3 is 5.11 Å². The highest BCUT2D eigenvalue weighted by atomic mass is 16.3. The first-order chi connectivity index (χ1) is 5.23. The molecule has 1 N–H and O–H groups in total. The third kappa shape index (κ3) is 1.20. The van der Waals surface area contributed by atoms with E-state index in [-0.39, 0.29) is 5.60 Å². The Morgan fingerprint density at radius 1 is 1.18 bits per heavy atom. The van der Waals surface area contributed by atoms with Crippen LogP contribution in [0.25, 0.3) is 0 Å². The fraction of sp³-hybridized carbons (Fsp3) is 1.00. The van der Waals surface area contributed by atoms with Crippen molar-refractivity contribution in [3.05, 3.63) is 0 Å². The molecule has 0 heterocycles. The highest BCUT2D eigenvalue weighted by Gasteiger charge is 2.54. The quantitative estimate of drug-likeness (QED) is 0.614. The van der Waals surface area contributed by atoms with Gasteiger partial charge in [0, 0.05) is 0 Å². The molecule has 1 nitrogen and oxygen atoms in total. The zero-order chi connectivity index (χ0) is 7.90. The SMILES string of the molecule is CC1CC1(O)C1CCCCC1. The molecule has 1 heteroatoms. The van der Waals surface area contributed by atoms with E-state index in [1.807, 2.05) is 0 Å². The first kappa shape index (κ1) is 7.60. The summed E-state index contributed by atoms with van der Waals surface area (Å²) >= 11 is 0. The maximum absolute atomic E-state index is 10.0. The summed E-state index contributed by atoms with van der Waals surface area (Å²) in [4.78, 5) is 0.